The maximum atomic E-state index is 8.74. The van der Waals surface area contributed by atoms with Crippen LogP contribution in [0.3, 0.4) is 0 Å². The molecule has 1 rings (SSSR count). The third-order valence-electron chi connectivity index (χ3n) is 1.37. The van der Waals surface area contributed by atoms with E-state index in [0.29, 0.717) is 5.56 Å². The Bertz CT molecular complexity index is 352. The van der Waals surface area contributed by atoms with Crippen molar-refractivity contribution in [1.29, 1.82) is 5.26 Å². The topological polar surface area (TPSA) is 62.2 Å². The highest BCUT2D eigenvalue weighted by Gasteiger charge is 2.02. The number of rotatable bonds is 1. The standard InChI is InChI=1S/C8H6BrN3/c9-8-3-1-2-6(5-12-11)7(8)4-10/h1-3,5H,11H2. The van der Waals surface area contributed by atoms with Crippen LogP contribution in [0.25, 0.3) is 0 Å². The minimum Gasteiger partial charge on any atom is -0.323 e. The normalized spacial score (nSPS) is 10.0. The van der Waals surface area contributed by atoms with Crippen LogP contribution in [0.2, 0.25) is 0 Å². The van der Waals surface area contributed by atoms with Gasteiger partial charge in [0.15, 0.2) is 0 Å². The van der Waals surface area contributed by atoms with Crippen LogP contribution in [0.15, 0.2) is 27.8 Å². The third kappa shape index (κ3) is 1.63. The van der Waals surface area contributed by atoms with Crippen LogP contribution in [0.4, 0.5) is 0 Å². The maximum absolute atomic E-state index is 8.74. The summed E-state index contributed by atoms with van der Waals surface area (Å²) in [6, 6.07) is 7.45. The van der Waals surface area contributed by atoms with E-state index in [1.165, 1.54) is 6.21 Å². The molecule has 4 heteroatoms. The van der Waals surface area contributed by atoms with Crippen molar-refractivity contribution in [2.24, 2.45) is 10.9 Å². The lowest BCUT2D eigenvalue weighted by molar-refractivity contribution is 1.26. The second-order valence-corrected chi connectivity index (χ2v) is 2.95. The smallest absolute Gasteiger partial charge is 0.101 e. The van der Waals surface area contributed by atoms with Crippen molar-refractivity contribution in [3.8, 4) is 6.07 Å². The minimum atomic E-state index is 0.548. The molecule has 0 heterocycles. The number of nitrogens with zero attached hydrogens (tertiary/aromatic N) is 2. The zero-order chi connectivity index (χ0) is 8.97. The number of nitrogens with two attached hydrogens (primary N) is 1. The average molecular weight is 224 g/mol. The highest BCUT2D eigenvalue weighted by molar-refractivity contribution is 9.10. The van der Waals surface area contributed by atoms with E-state index >= 15 is 0 Å². The highest BCUT2D eigenvalue weighted by atomic mass is 79.9. The molecule has 1 aromatic carbocycles. The van der Waals surface area contributed by atoms with E-state index in [2.05, 4.69) is 27.1 Å². The van der Waals surface area contributed by atoms with Crippen molar-refractivity contribution in [2.75, 3.05) is 0 Å². The van der Waals surface area contributed by atoms with Gasteiger partial charge in [0.25, 0.3) is 0 Å². The molecule has 0 unspecified atom stereocenters. The van der Waals surface area contributed by atoms with E-state index in [4.69, 9.17) is 11.1 Å². The molecular formula is C8H6BrN3. The summed E-state index contributed by atoms with van der Waals surface area (Å²) in [6.07, 6.45) is 1.45. The van der Waals surface area contributed by atoms with Gasteiger partial charge in [-0.1, -0.05) is 12.1 Å². The Balaban J connectivity index is 3.30. The molecule has 0 saturated carbocycles. The summed E-state index contributed by atoms with van der Waals surface area (Å²) >= 11 is 3.25. The lowest BCUT2D eigenvalue weighted by Crippen LogP contribution is -1.91. The van der Waals surface area contributed by atoms with Gasteiger partial charge in [0.05, 0.1) is 11.8 Å². The Morgan fingerprint density at radius 1 is 1.58 bits per heavy atom. The quantitative estimate of drug-likeness (QED) is 0.447. The summed E-state index contributed by atoms with van der Waals surface area (Å²) in [4.78, 5) is 0. The van der Waals surface area contributed by atoms with Gasteiger partial charge >= 0.3 is 0 Å². The van der Waals surface area contributed by atoms with E-state index in [1.807, 2.05) is 6.07 Å². The van der Waals surface area contributed by atoms with Crippen LogP contribution in [-0.4, -0.2) is 6.21 Å². The summed E-state index contributed by atoms with van der Waals surface area (Å²) < 4.78 is 0.752. The van der Waals surface area contributed by atoms with E-state index in [0.717, 1.165) is 10.0 Å². The van der Waals surface area contributed by atoms with Crippen LogP contribution >= 0.6 is 15.9 Å². The Morgan fingerprint density at radius 2 is 2.33 bits per heavy atom. The molecule has 0 radical (unpaired) electrons. The summed E-state index contributed by atoms with van der Waals surface area (Å²) in [5.41, 5.74) is 1.26. The van der Waals surface area contributed by atoms with E-state index < -0.39 is 0 Å². The second kappa shape index (κ2) is 3.88. The summed E-state index contributed by atoms with van der Waals surface area (Å²) in [5.74, 6) is 4.98. The molecule has 0 aromatic heterocycles. The zero-order valence-corrected chi connectivity index (χ0v) is 7.75. The van der Waals surface area contributed by atoms with E-state index in [9.17, 15) is 0 Å². The van der Waals surface area contributed by atoms with Crippen molar-refractivity contribution in [1.82, 2.24) is 0 Å². The zero-order valence-electron chi connectivity index (χ0n) is 6.16. The number of benzene rings is 1. The first-order chi connectivity index (χ1) is 5.79. The van der Waals surface area contributed by atoms with Gasteiger partial charge in [-0.15, -0.1) is 0 Å². The molecule has 0 aliphatic carbocycles. The Labute approximate surface area is 78.6 Å². The molecule has 0 aliphatic heterocycles. The van der Waals surface area contributed by atoms with Gasteiger partial charge in [-0.25, -0.2) is 0 Å². The molecule has 3 nitrogen and oxygen atoms in total. The Morgan fingerprint density at radius 3 is 2.92 bits per heavy atom. The fourth-order valence-electron chi connectivity index (χ4n) is 0.847. The molecule has 1 aromatic rings. The summed E-state index contributed by atoms with van der Waals surface area (Å²) in [6.45, 7) is 0. The molecule has 0 amide bonds. The maximum Gasteiger partial charge on any atom is 0.101 e. The van der Waals surface area contributed by atoms with Gasteiger partial charge < -0.3 is 5.84 Å². The molecule has 0 fully saturated rings. The summed E-state index contributed by atoms with van der Waals surface area (Å²) in [5, 5.41) is 12.1. The molecule has 0 atom stereocenters. The van der Waals surface area contributed by atoms with E-state index in [-0.39, 0.29) is 0 Å². The second-order valence-electron chi connectivity index (χ2n) is 2.09. The van der Waals surface area contributed by atoms with Gasteiger partial charge in [0.1, 0.15) is 6.07 Å². The Kier molecular flexibility index (Phi) is 2.83. The van der Waals surface area contributed by atoms with Gasteiger partial charge in [0.2, 0.25) is 0 Å². The third-order valence-corrected chi connectivity index (χ3v) is 2.03. The average Bonchev–Trinajstić information content (AvgIpc) is 2.05. The lowest BCUT2D eigenvalue weighted by Gasteiger charge is -1.97. The number of hydrazone groups is 1. The van der Waals surface area contributed by atoms with Crippen LogP contribution in [0.1, 0.15) is 11.1 Å². The first-order valence-electron chi connectivity index (χ1n) is 3.21. The van der Waals surface area contributed by atoms with Crippen molar-refractivity contribution in [3.63, 3.8) is 0 Å². The highest BCUT2D eigenvalue weighted by Crippen LogP contribution is 2.17. The number of halogens is 1. The molecule has 12 heavy (non-hydrogen) atoms. The molecule has 0 saturated heterocycles. The van der Waals surface area contributed by atoms with Crippen LogP contribution in [0, 0.1) is 11.3 Å². The monoisotopic (exact) mass is 223 g/mol. The number of nitriles is 1. The van der Waals surface area contributed by atoms with Gasteiger partial charge in [-0.3, -0.25) is 0 Å². The predicted octanol–water partition coefficient (Wildman–Crippen LogP) is 1.61. The van der Waals surface area contributed by atoms with Crippen molar-refractivity contribution < 1.29 is 0 Å². The van der Waals surface area contributed by atoms with Gasteiger partial charge in [-0.05, 0) is 22.0 Å². The minimum absolute atomic E-state index is 0.548. The number of hydrogen-bond acceptors (Lipinski definition) is 3. The molecular weight excluding hydrogens is 218 g/mol. The van der Waals surface area contributed by atoms with Crippen molar-refractivity contribution in [2.45, 2.75) is 0 Å². The Hall–Kier alpha value is -1.34. The molecule has 60 valence electrons. The van der Waals surface area contributed by atoms with Crippen molar-refractivity contribution in [3.05, 3.63) is 33.8 Å². The largest absolute Gasteiger partial charge is 0.323 e. The number of hydrogen-bond donors (Lipinski definition) is 1. The SMILES string of the molecule is N#Cc1c(Br)cccc1C=NN. The first-order valence-corrected chi connectivity index (χ1v) is 4.00. The lowest BCUT2D eigenvalue weighted by atomic mass is 10.1. The van der Waals surface area contributed by atoms with Gasteiger partial charge in [-0.2, -0.15) is 10.4 Å². The fourth-order valence-corrected chi connectivity index (χ4v) is 1.32. The molecule has 0 aliphatic rings. The van der Waals surface area contributed by atoms with Crippen molar-refractivity contribution >= 4 is 22.1 Å². The molecule has 2 N–H and O–H groups in total. The van der Waals surface area contributed by atoms with Crippen LogP contribution in [0.5, 0.6) is 0 Å². The molecule has 0 bridgehead atoms. The fraction of sp³-hybridized carbons (Fsp3) is 0. The van der Waals surface area contributed by atoms with E-state index in [1.54, 1.807) is 12.1 Å². The molecule has 0 spiro atoms. The predicted molar refractivity (Wildman–Crippen MR) is 50.6 cm³/mol. The van der Waals surface area contributed by atoms with Gasteiger partial charge in [0, 0.05) is 10.0 Å². The van der Waals surface area contributed by atoms with Crippen LogP contribution in [-0.2, 0) is 0 Å². The van der Waals surface area contributed by atoms with Crippen LogP contribution < -0.4 is 5.84 Å². The summed E-state index contributed by atoms with van der Waals surface area (Å²) in [7, 11) is 0. The first kappa shape index (κ1) is 8.75.